The molecule has 25 heavy (non-hydrogen) atoms. The number of hydrogen-bond donors (Lipinski definition) is 2. The Morgan fingerprint density at radius 3 is 2.08 bits per heavy atom. The SMILES string of the molecule is CCN1CCN(Cc2ccc(NC(=O)C(CC)(CC)CN)cc2)CC1. The minimum Gasteiger partial charge on any atom is -0.329 e. The summed E-state index contributed by atoms with van der Waals surface area (Å²) in [7, 11) is 0. The van der Waals surface area contributed by atoms with Gasteiger partial charge in [-0.2, -0.15) is 0 Å². The quantitative estimate of drug-likeness (QED) is 0.759. The molecule has 1 aromatic carbocycles. The average Bonchev–Trinajstić information content (AvgIpc) is 2.66. The van der Waals surface area contributed by atoms with Crippen molar-refractivity contribution in [1.82, 2.24) is 9.80 Å². The van der Waals surface area contributed by atoms with Gasteiger partial charge in [0.25, 0.3) is 0 Å². The first kappa shape index (κ1) is 19.9. The Morgan fingerprint density at radius 2 is 1.60 bits per heavy atom. The zero-order valence-corrected chi connectivity index (χ0v) is 16.1. The molecule has 0 unspecified atom stereocenters. The molecule has 0 radical (unpaired) electrons. The lowest BCUT2D eigenvalue weighted by Crippen LogP contribution is -2.45. The highest BCUT2D eigenvalue weighted by Crippen LogP contribution is 2.27. The molecule has 5 nitrogen and oxygen atoms in total. The molecule has 0 bridgehead atoms. The predicted molar refractivity (Wildman–Crippen MR) is 105 cm³/mol. The maximum absolute atomic E-state index is 12.6. The maximum Gasteiger partial charge on any atom is 0.231 e. The van der Waals surface area contributed by atoms with E-state index in [1.165, 1.54) is 5.56 Å². The van der Waals surface area contributed by atoms with Crippen LogP contribution < -0.4 is 11.1 Å². The van der Waals surface area contributed by atoms with E-state index in [1.807, 2.05) is 26.0 Å². The van der Waals surface area contributed by atoms with Gasteiger partial charge in [-0.3, -0.25) is 9.69 Å². The molecule has 3 N–H and O–H groups in total. The van der Waals surface area contributed by atoms with Crippen molar-refractivity contribution in [2.24, 2.45) is 11.1 Å². The molecule has 0 spiro atoms. The summed E-state index contributed by atoms with van der Waals surface area (Å²) in [4.78, 5) is 17.6. The second-order valence-electron chi connectivity index (χ2n) is 7.05. The number of hydrogen-bond acceptors (Lipinski definition) is 4. The summed E-state index contributed by atoms with van der Waals surface area (Å²) in [6, 6.07) is 8.23. The fourth-order valence-electron chi connectivity index (χ4n) is 3.43. The molecule has 0 aromatic heterocycles. The van der Waals surface area contributed by atoms with E-state index in [0.29, 0.717) is 6.54 Å². The van der Waals surface area contributed by atoms with Crippen molar-refractivity contribution in [3.05, 3.63) is 29.8 Å². The molecule has 2 rings (SSSR count). The molecule has 1 heterocycles. The molecular weight excluding hydrogens is 312 g/mol. The van der Waals surface area contributed by atoms with Crippen LogP contribution in [0.1, 0.15) is 39.2 Å². The Hall–Kier alpha value is -1.43. The van der Waals surface area contributed by atoms with Gasteiger partial charge >= 0.3 is 0 Å². The highest BCUT2D eigenvalue weighted by atomic mass is 16.2. The van der Waals surface area contributed by atoms with E-state index in [2.05, 4.69) is 34.2 Å². The molecule has 0 atom stereocenters. The molecule has 140 valence electrons. The van der Waals surface area contributed by atoms with Crippen molar-refractivity contribution >= 4 is 11.6 Å². The van der Waals surface area contributed by atoms with E-state index in [9.17, 15) is 4.79 Å². The molecule has 1 saturated heterocycles. The van der Waals surface area contributed by atoms with Crippen LogP contribution in [-0.2, 0) is 11.3 Å². The maximum atomic E-state index is 12.6. The third-order valence-corrected chi connectivity index (χ3v) is 5.76. The summed E-state index contributed by atoms with van der Waals surface area (Å²) in [5, 5.41) is 3.04. The predicted octanol–water partition coefficient (Wildman–Crippen LogP) is 2.53. The second kappa shape index (κ2) is 9.32. The summed E-state index contributed by atoms with van der Waals surface area (Å²) in [6.45, 7) is 13.3. The smallest absolute Gasteiger partial charge is 0.231 e. The number of nitrogens with one attached hydrogen (secondary N) is 1. The van der Waals surface area contributed by atoms with E-state index in [4.69, 9.17) is 5.73 Å². The number of carbonyl (C=O) groups excluding carboxylic acids is 1. The number of amides is 1. The van der Waals surface area contributed by atoms with Gasteiger partial charge in [0.1, 0.15) is 0 Å². The molecule has 1 amide bonds. The fraction of sp³-hybridized carbons (Fsp3) is 0.650. The number of anilines is 1. The van der Waals surface area contributed by atoms with Crippen LogP contribution in [0.3, 0.4) is 0 Å². The van der Waals surface area contributed by atoms with Crippen LogP contribution in [0.4, 0.5) is 5.69 Å². The van der Waals surface area contributed by atoms with Gasteiger partial charge in [0, 0.05) is 45.0 Å². The minimum absolute atomic E-state index is 0.0310. The Labute approximate surface area is 152 Å². The van der Waals surface area contributed by atoms with E-state index in [-0.39, 0.29) is 5.91 Å². The van der Waals surface area contributed by atoms with Gasteiger partial charge in [-0.25, -0.2) is 0 Å². The van der Waals surface area contributed by atoms with Crippen LogP contribution in [-0.4, -0.2) is 55.0 Å². The Kier molecular flexibility index (Phi) is 7.41. The lowest BCUT2D eigenvalue weighted by Gasteiger charge is -2.34. The number of nitrogens with zero attached hydrogens (tertiary/aromatic N) is 2. The van der Waals surface area contributed by atoms with Crippen molar-refractivity contribution in [1.29, 1.82) is 0 Å². The van der Waals surface area contributed by atoms with Crippen LogP contribution in [0, 0.1) is 5.41 Å². The number of rotatable bonds is 8. The number of nitrogens with two attached hydrogens (primary N) is 1. The standard InChI is InChI=1S/C20H34N4O/c1-4-20(5-2,16-21)19(25)22-18-9-7-17(8-10-18)15-24-13-11-23(6-3)12-14-24/h7-10H,4-6,11-16,21H2,1-3H3,(H,22,25). The summed E-state index contributed by atoms with van der Waals surface area (Å²) >= 11 is 0. The molecular formula is C20H34N4O. The number of likely N-dealkylation sites (N-methyl/N-ethyl adjacent to an activating group) is 1. The van der Waals surface area contributed by atoms with Gasteiger partial charge in [-0.05, 0) is 37.1 Å². The van der Waals surface area contributed by atoms with Gasteiger partial charge in [0.05, 0.1) is 5.41 Å². The van der Waals surface area contributed by atoms with Crippen molar-refractivity contribution in [3.8, 4) is 0 Å². The normalized spacial score (nSPS) is 16.8. The monoisotopic (exact) mass is 346 g/mol. The molecule has 1 fully saturated rings. The largest absolute Gasteiger partial charge is 0.329 e. The second-order valence-corrected chi connectivity index (χ2v) is 7.05. The number of benzene rings is 1. The zero-order chi connectivity index (χ0) is 18.3. The summed E-state index contributed by atoms with van der Waals surface area (Å²) < 4.78 is 0. The lowest BCUT2D eigenvalue weighted by atomic mass is 9.81. The molecule has 1 aromatic rings. The van der Waals surface area contributed by atoms with Crippen LogP contribution in [0.15, 0.2) is 24.3 Å². The number of piperazine rings is 1. The van der Waals surface area contributed by atoms with Crippen LogP contribution in [0.5, 0.6) is 0 Å². The van der Waals surface area contributed by atoms with Gasteiger partial charge in [-0.15, -0.1) is 0 Å². The zero-order valence-electron chi connectivity index (χ0n) is 16.1. The van der Waals surface area contributed by atoms with Gasteiger partial charge in [-0.1, -0.05) is 32.9 Å². The topological polar surface area (TPSA) is 61.6 Å². The molecule has 1 aliphatic rings. The molecule has 0 saturated carbocycles. The fourth-order valence-corrected chi connectivity index (χ4v) is 3.43. The van der Waals surface area contributed by atoms with Gasteiger partial charge in [0.2, 0.25) is 5.91 Å². The average molecular weight is 347 g/mol. The first-order valence-corrected chi connectivity index (χ1v) is 9.62. The highest BCUT2D eigenvalue weighted by molar-refractivity contribution is 5.95. The van der Waals surface area contributed by atoms with Crippen LogP contribution in [0.25, 0.3) is 0 Å². The third-order valence-electron chi connectivity index (χ3n) is 5.76. The summed E-state index contributed by atoms with van der Waals surface area (Å²) in [6.07, 6.45) is 1.52. The highest BCUT2D eigenvalue weighted by Gasteiger charge is 2.33. The molecule has 5 heteroatoms. The van der Waals surface area contributed by atoms with E-state index >= 15 is 0 Å². The van der Waals surface area contributed by atoms with Crippen molar-refractivity contribution in [2.75, 3.05) is 44.6 Å². The summed E-state index contributed by atoms with van der Waals surface area (Å²) in [5.74, 6) is 0.0310. The van der Waals surface area contributed by atoms with Gasteiger partial charge in [0.15, 0.2) is 0 Å². The van der Waals surface area contributed by atoms with E-state index in [0.717, 1.165) is 57.8 Å². The Balaban J connectivity index is 1.90. The van der Waals surface area contributed by atoms with Crippen LogP contribution in [0.2, 0.25) is 0 Å². The lowest BCUT2D eigenvalue weighted by molar-refractivity contribution is -0.125. The van der Waals surface area contributed by atoms with E-state index < -0.39 is 5.41 Å². The molecule has 1 aliphatic heterocycles. The first-order valence-electron chi connectivity index (χ1n) is 9.62. The minimum atomic E-state index is -0.461. The number of carbonyl (C=O) groups is 1. The van der Waals surface area contributed by atoms with Crippen molar-refractivity contribution in [3.63, 3.8) is 0 Å². The van der Waals surface area contributed by atoms with E-state index in [1.54, 1.807) is 0 Å². The Morgan fingerprint density at radius 1 is 1.04 bits per heavy atom. The van der Waals surface area contributed by atoms with Gasteiger partial charge < -0.3 is 16.0 Å². The first-order chi connectivity index (χ1) is 12.1. The van der Waals surface area contributed by atoms with Crippen LogP contribution >= 0.6 is 0 Å². The molecule has 0 aliphatic carbocycles. The van der Waals surface area contributed by atoms with Crippen molar-refractivity contribution < 1.29 is 4.79 Å². The van der Waals surface area contributed by atoms with Crippen molar-refractivity contribution in [2.45, 2.75) is 40.2 Å². The Bertz CT molecular complexity index is 523. The third kappa shape index (κ3) is 5.03. The summed E-state index contributed by atoms with van der Waals surface area (Å²) in [5.41, 5.74) is 7.54.